The largest absolute Gasteiger partial charge is 0.464 e. The van der Waals surface area contributed by atoms with E-state index in [2.05, 4.69) is 17.1 Å². The van der Waals surface area contributed by atoms with E-state index in [-0.39, 0.29) is 32.7 Å². The Morgan fingerprint density at radius 2 is 1.47 bits per heavy atom. The lowest BCUT2D eigenvalue weighted by Crippen LogP contribution is -2.56. The lowest BCUT2D eigenvalue weighted by molar-refractivity contribution is -0.157. The van der Waals surface area contributed by atoms with E-state index in [0.717, 1.165) is 16.1 Å². The molecule has 0 bridgehead atoms. The van der Waals surface area contributed by atoms with Gasteiger partial charge in [-0.25, -0.2) is 20.0 Å². The zero-order valence-corrected chi connectivity index (χ0v) is 20.4. The third kappa shape index (κ3) is 9.21. The van der Waals surface area contributed by atoms with Crippen LogP contribution in [0.15, 0.2) is 65.7 Å². The Kier molecular flexibility index (Phi) is 11.6. The number of nitrogens with zero attached hydrogens (tertiary/aromatic N) is 2. The molecule has 0 radical (unpaired) electrons. The number of hydrogen-bond donors (Lipinski definition) is 1. The minimum absolute atomic E-state index is 0.0389. The molecule has 2 aromatic carbocycles. The number of rotatable bonds is 12. The summed E-state index contributed by atoms with van der Waals surface area (Å²) < 4.78 is 15.4. The summed E-state index contributed by atoms with van der Waals surface area (Å²) in [6, 6.07) is 15.8. The van der Waals surface area contributed by atoms with Crippen LogP contribution in [0.5, 0.6) is 0 Å². The molecule has 0 heterocycles. The molecule has 10 heteroatoms. The summed E-state index contributed by atoms with van der Waals surface area (Å²) >= 11 is 0. The first-order valence-electron chi connectivity index (χ1n) is 11.5. The molecule has 0 aliphatic heterocycles. The van der Waals surface area contributed by atoms with Crippen LogP contribution >= 0.6 is 0 Å². The van der Waals surface area contributed by atoms with Crippen LogP contribution in [0, 0.1) is 0 Å². The van der Waals surface area contributed by atoms with Gasteiger partial charge in [0.2, 0.25) is 0 Å². The molecule has 1 N–H and O–H groups in total. The van der Waals surface area contributed by atoms with Crippen molar-refractivity contribution >= 4 is 30.7 Å². The number of amides is 2. The van der Waals surface area contributed by atoms with Gasteiger partial charge in [-0.15, -0.1) is 0 Å². The van der Waals surface area contributed by atoms with Crippen molar-refractivity contribution in [2.45, 2.75) is 52.0 Å². The van der Waals surface area contributed by atoms with E-state index in [0.29, 0.717) is 0 Å². The number of aliphatic imine (C=N–C) groups is 1. The number of carbonyl (C=O) groups excluding carboxylic acids is 4. The maximum Gasteiger partial charge on any atom is 0.426 e. The Hall–Kier alpha value is -4.21. The molecule has 10 nitrogen and oxygen atoms in total. The first-order valence-corrected chi connectivity index (χ1v) is 11.5. The molecule has 36 heavy (non-hydrogen) atoms. The summed E-state index contributed by atoms with van der Waals surface area (Å²) in [4.78, 5) is 53.9. The van der Waals surface area contributed by atoms with Gasteiger partial charge in [0.05, 0.1) is 6.61 Å². The van der Waals surface area contributed by atoms with Crippen molar-refractivity contribution in [1.29, 1.82) is 0 Å². The van der Waals surface area contributed by atoms with Gasteiger partial charge in [0, 0.05) is 6.42 Å². The van der Waals surface area contributed by atoms with Crippen molar-refractivity contribution in [2.75, 3.05) is 6.61 Å². The Morgan fingerprint density at radius 3 is 2.00 bits per heavy atom. The predicted octanol–water partition coefficient (Wildman–Crippen LogP) is 3.20. The molecule has 192 valence electrons. The van der Waals surface area contributed by atoms with Gasteiger partial charge in [-0.05, 0) is 38.1 Å². The van der Waals surface area contributed by atoms with Crippen LogP contribution in [0.2, 0.25) is 0 Å². The van der Waals surface area contributed by atoms with Gasteiger partial charge in [0.1, 0.15) is 25.3 Å². The Labute approximate surface area is 210 Å². The molecule has 2 amide bonds. The Bertz CT molecular complexity index is 1010. The average molecular weight is 498 g/mol. The van der Waals surface area contributed by atoms with Crippen molar-refractivity contribution in [3.63, 3.8) is 0 Å². The van der Waals surface area contributed by atoms with Crippen LogP contribution < -0.4 is 5.43 Å². The minimum Gasteiger partial charge on any atom is -0.464 e. The lowest BCUT2D eigenvalue weighted by Gasteiger charge is -2.29. The molecular formula is C26H31N3O7. The quantitative estimate of drug-likeness (QED) is 0.207. The molecule has 0 aromatic heterocycles. The highest BCUT2D eigenvalue weighted by Crippen LogP contribution is 2.12. The number of benzene rings is 2. The van der Waals surface area contributed by atoms with Crippen molar-refractivity contribution in [2.24, 2.45) is 4.99 Å². The summed E-state index contributed by atoms with van der Waals surface area (Å²) in [6.45, 7) is 6.57. The summed E-state index contributed by atoms with van der Waals surface area (Å²) in [5.74, 6) is -2.02. The third-order valence-electron chi connectivity index (χ3n) is 5.05. The van der Waals surface area contributed by atoms with E-state index >= 15 is 0 Å². The van der Waals surface area contributed by atoms with Crippen molar-refractivity contribution in [3.05, 3.63) is 71.8 Å². The molecule has 0 saturated heterocycles. The molecule has 1 unspecified atom stereocenters. The van der Waals surface area contributed by atoms with E-state index < -0.39 is 36.0 Å². The van der Waals surface area contributed by atoms with Crippen LogP contribution in [0.1, 0.15) is 37.8 Å². The zero-order chi connectivity index (χ0) is 26.3. The molecule has 0 saturated carbocycles. The smallest absolute Gasteiger partial charge is 0.426 e. The summed E-state index contributed by atoms with van der Waals surface area (Å²) in [6.07, 6.45) is -1.11. The van der Waals surface area contributed by atoms with Gasteiger partial charge >= 0.3 is 18.0 Å². The second-order valence-corrected chi connectivity index (χ2v) is 7.69. The first-order chi connectivity index (χ1) is 17.3. The predicted molar refractivity (Wildman–Crippen MR) is 132 cm³/mol. The zero-order valence-electron chi connectivity index (χ0n) is 20.4. The summed E-state index contributed by atoms with van der Waals surface area (Å²) in [5, 5.41) is 0.792. The monoisotopic (exact) mass is 497 g/mol. The maximum absolute atomic E-state index is 13.2. The fourth-order valence-electron chi connectivity index (χ4n) is 3.08. The van der Waals surface area contributed by atoms with E-state index in [1.54, 1.807) is 31.2 Å². The second-order valence-electron chi connectivity index (χ2n) is 7.69. The standard InChI is InChI=1S/C26H31N3O7/c1-4-34-25(32)19(2)29(28-26(33)36-18-21-13-9-6-10-14-21)24(31)22(27-3)15-16-23(30)35-17-20-11-7-5-8-12-20/h5-14,19,22H,3-4,15-18H2,1-2H3,(H,28,33)/t19?,22-/m0/s1. The highest BCUT2D eigenvalue weighted by molar-refractivity contribution is 5.89. The van der Waals surface area contributed by atoms with E-state index in [4.69, 9.17) is 14.2 Å². The Balaban J connectivity index is 2.00. The minimum atomic E-state index is -1.18. The van der Waals surface area contributed by atoms with Crippen molar-refractivity contribution in [1.82, 2.24) is 10.4 Å². The van der Waals surface area contributed by atoms with Gasteiger partial charge in [-0.1, -0.05) is 60.7 Å². The number of carbonyl (C=O) groups is 4. The molecular weight excluding hydrogens is 466 g/mol. The highest BCUT2D eigenvalue weighted by atomic mass is 16.6. The lowest BCUT2D eigenvalue weighted by atomic mass is 10.1. The van der Waals surface area contributed by atoms with E-state index in [1.807, 2.05) is 36.4 Å². The van der Waals surface area contributed by atoms with Gasteiger partial charge in [-0.2, -0.15) is 0 Å². The third-order valence-corrected chi connectivity index (χ3v) is 5.05. The fourth-order valence-corrected chi connectivity index (χ4v) is 3.08. The van der Waals surface area contributed by atoms with Crippen LogP contribution in [0.3, 0.4) is 0 Å². The maximum atomic E-state index is 13.2. The average Bonchev–Trinajstić information content (AvgIpc) is 2.90. The molecule has 0 aliphatic rings. The highest BCUT2D eigenvalue weighted by Gasteiger charge is 2.33. The van der Waals surface area contributed by atoms with Gasteiger partial charge in [-0.3, -0.25) is 14.6 Å². The number of hydrogen-bond acceptors (Lipinski definition) is 8. The molecule has 2 atom stereocenters. The van der Waals surface area contributed by atoms with Crippen LogP contribution in [-0.4, -0.2) is 54.4 Å². The summed E-state index contributed by atoms with van der Waals surface area (Å²) in [5.41, 5.74) is 3.86. The second kappa shape index (κ2) is 14.9. The van der Waals surface area contributed by atoms with E-state index in [1.165, 1.54) is 6.92 Å². The van der Waals surface area contributed by atoms with Crippen molar-refractivity contribution in [3.8, 4) is 0 Å². The van der Waals surface area contributed by atoms with Gasteiger partial charge in [0.15, 0.2) is 0 Å². The van der Waals surface area contributed by atoms with Crippen LogP contribution in [0.4, 0.5) is 4.79 Å². The van der Waals surface area contributed by atoms with Crippen LogP contribution in [0.25, 0.3) is 0 Å². The summed E-state index contributed by atoms with van der Waals surface area (Å²) in [7, 11) is 0. The fraction of sp³-hybridized carbons (Fsp3) is 0.346. The van der Waals surface area contributed by atoms with Crippen LogP contribution in [-0.2, 0) is 41.8 Å². The topological polar surface area (TPSA) is 124 Å². The number of esters is 2. The SMILES string of the molecule is C=N[C@@H](CCC(=O)OCc1ccccc1)C(=O)N(NC(=O)OCc1ccccc1)C(C)C(=O)OCC. The first kappa shape index (κ1) is 28.0. The molecule has 2 aromatic rings. The molecule has 0 spiro atoms. The molecule has 0 fully saturated rings. The van der Waals surface area contributed by atoms with E-state index in [9.17, 15) is 19.2 Å². The normalized spacial score (nSPS) is 11.9. The number of nitrogens with one attached hydrogen (secondary N) is 1. The number of hydrazine groups is 1. The van der Waals surface area contributed by atoms with Crippen molar-refractivity contribution < 1.29 is 33.4 Å². The van der Waals surface area contributed by atoms with Gasteiger partial charge < -0.3 is 14.2 Å². The molecule has 0 aliphatic carbocycles. The molecule has 2 rings (SSSR count). The van der Waals surface area contributed by atoms with Gasteiger partial charge in [0.25, 0.3) is 5.91 Å². The number of ether oxygens (including phenoxy) is 3. The Morgan fingerprint density at radius 1 is 0.917 bits per heavy atom.